The van der Waals surface area contributed by atoms with E-state index < -0.39 is 33.0 Å². The average molecular weight is 470 g/mol. The second-order valence-electron chi connectivity index (χ2n) is 7.77. The van der Waals surface area contributed by atoms with Gasteiger partial charge in [-0.05, 0) is 43.7 Å². The quantitative estimate of drug-likeness (QED) is 0.535. The molecule has 2 unspecified atom stereocenters. The molecule has 10 heteroatoms. The van der Waals surface area contributed by atoms with Crippen molar-refractivity contribution >= 4 is 21.6 Å². The highest BCUT2D eigenvalue weighted by molar-refractivity contribution is 7.88. The Bertz CT molecular complexity index is 1320. The largest absolute Gasteiger partial charge is 0.269 e. The van der Waals surface area contributed by atoms with Crippen molar-refractivity contribution in [1.29, 1.82) is 0 Å². The van der Waals surface area contributed by atoms with Gasteiger partial charge in [-0.1, -0.05) is 11.6 Å². The summed E-state index contributed by atoms with van der Waals surface area (Å²) in [6.07, 6.45) is 1.03. The molecule has 1 aliphatic rings. The van der Waals surface area contributed by atoms with E-state index >= 15 is 4.39 Å². The van der Waals surface area contributed by atoms with Crippen molar-refractivity contribution < 1.29 is 21.6 Å². The molecule has 1 aliphatic heterocycles. The van der Waals surface area contributed by atoms with Gasteiger partial charge in [-0.3, -0.25) is 4.68 Å². The zero-order valence-electron chi connectivity index (χ0n) is 17.2. The molecule has 0 aliphatic carbocycles. The van der Waals surface area contributed by atoms with Crippen LogP contribution < -0.4 is 0 Å². The molecule has 0 spiro atoms. The maximum absolute atomic E-state index is 15.1. The molecular weight excluding hydrogens is 451 g/mol. The van der Waals surface area contributed by atoms with Gasteiger partial charge >= 0.3 is 0 Å². The van der Waals surface area contributed by atoms with E-state index in [9.17, 15) is 17.2 Å². The van der Waals surface area contributed by atoms with Gasteiger partial charge in [-0.15, -0.1) is 0 Å². The van der Waals surface area contributed by atoms with Gasteiger partial charge in [0.1, 0.15) is 23.0 Å². The fourth-order valence-electron chi connectivity index (χ4n) is 4.46. The van der Waals surface area contributed by atoms with E-state index in [4.69, 9.17) is 11.6 Å². The number of rotatable bonds is 4. The molecule has 164 valence electrons. The lowest BCUT2D eigenvalue weighted by Gasteiger charge is -2.23. The summed E-state index contributed by atoms with van der Waals surface area (Å²) in [6, 6.07) is 5.74. The topological polar surface area (TPSA) is 55.0 Å². The highest BCUT2D eigenvalue weighted by atomic mass is 35.5. The fourth-order valence-corrected chi connectivity index (χ4v) is 5.89. The summed E-state index contributed by atoms with van der Waals surface area (Å²) in [4.78, 5) is 0. The Morgan fingerprint density at radius 2 is 1.77 bits per heavy atom. The lowest BCUT2D eigenvalue weighted by Crippen LogP contribution is -2.28. The van der Waals surface area contributed by atoms with Crippen LogP contribution >= 0.6 is 11.6 Å². The van der Waals surface area contributed by atoms with Crippen LogP contribution in [0.5, 0.6) is 0 Å². The maximum atomic E-state index is 15.1. The Morgan fingerprint density at radius 1 is 1.10 bits per heavy atom. The predicted octanol–water partition coefficient (Wildman–Crippen LogP) is 4.29. The standard InChI is InChI=1S/C21H19ClF3N3O2S/c1-11-7-14(24)9-17(25)19(11)21(10-28(21)31(4,29)30)20-18(12(2)26-27(20)3)15-6-5-13(23)8-16(15)22/h5-9H,10H2,1-4H3. The molecular formula is C21H19ClF3N3O2S. The lowest BCUT2D eigenvalue weighted by molar-refractivity contribution is 0.500. The second kappa shape index (κ2) is 7.08. The van der Waals surface area contributed by atoms with Crippen LogP contribution in [0.3, 0.4) is 0 Å². The molecule has 0 radical (unpaired) electrons. The van der Waals surface area contributed by atoms with E-state index in [1.165, 1.54) is 23.7 Å². The predicted molar refractivity (Wildman–Crippen MR) is 112 cm³/mol. The van der Waals surface area contributed by atoms with Gasteiger partial charge in [0, 0.05) is 36.3 Å². The molecule has 2 heterocycles. The monoisotopic (exact) mass is 469 g/mol. The zero-order chi connectivity index (χ0) is 22.9. The smallest absolute Gasteiger partial charge is 0.212 e. The van der Waals surface area contributed by atoms with Gasteiger partial charge in [0.15, 0.2) is 0 Å². The van der Waals surface area contributed by atoms with Crippen LogP contribution in [-0.4, -0.2) is 35.3 Å². The highest BCUT2D eigenvalue weighted by Gasteiger charge is 2.64. The second-order valence-corrected chi connectivity index (χ2v) is 10.1. The Hall–Kier alpha value is -2.36. The van der Waals surface area contributed by atoms with E-state index in [0.717, 1.165) is 28.8 Å². The first-order chi connectivity index (χ1) is 14.4. The molecule has 4 rings (SSSR count). The van der Waals surface area contributed by atoms with Gasteiger partial charge in [0.25, 0.3) is 0 Å². The average Bonchev–Trinajstić information content (AvgIpc) is 3.28. The van der Waals surface area contributed by atoms with Crippen molar-refractivity contribution in [3.8, 4) is 11.1 Å². The van der Waals surface area contributed by atoms with Gasteiger partial charge in [-0.25, -0.2) is 21.6 Å². The minimum absolute atomic E-state index is 0.0433. The summed E-state index contributed by atoms with van der Waals surface area (Å²) in [6.45, 7) is 3.17. The van der Waals surface area contributed by atoms with Gasteiger partial charge < -0.3 is 0 Å². The number of benzene rings is 2. The first kappa shape index (κ1) is 21.9. The van der Waals surface area contributed by atoms with Crippen LogP contribution in [0.15, 0.2) is 30.3 Å². The van der Waals surface area contributed by atoms with Crippen LogP contribution in [-0.2, 0) is 22.6 Å². The molecule has 5 nitrogen and oxygen atoms in total. The van der Waals surface area contributed by atoms with Crippen molar-refractivity contribution in [2.75, 3.05) is 12.8 Å². The molecule has 0 saturated carbocycles. The number of aryl methyl sites for hydroxylation is 3. The van der Waals surface area contributed by atoms with Crippen LogP contribution in [0.2, 0.25) is 5.02 Å². The van der Waals surface area contributed by atoms with Gasteiger partial charge in [0.2, 0.25) is 10.0 Å². The Kier molecular flexibility index (Phi) is 4.99. The minimum atomic E-state index is -3.76. The number of hydrogen-bond donors (Lipinski definition) is 0. The molecule has 0 bridgehead atoms. The van der Waals surface area contributed by atoms with Crippen LogP contribution in [0.4, 0.5) is 13.2 Å². The van der Waals surface area contributed by atoms with Crippen molar-refractivity contribution in [3.63, 3.8) is 0 Å². The molecule has 0 amide bonds. The van der Waals surface area contributed by atoms with Crippen LogP contribution in [0, 0.1) is 31.3 Å². The third-order valence-electron chi connectivity index (χ3n) is 5.58. The summed E-state index contributed by atoms with van der Waals surface area (Å²) in [5.41, 5.74) is 0.646. The fraction of sp³-hybridized carbons (Fsp3) is 0.286. The Labute approximate surface area is 183 Å². The van der Waals surface area contributed by atoms with Crippen molar-refractivity contribution in [3.05, 3.63) is 75.3 Å². The third kappa shape index (κ3) is 3.35. The molecule has 2 atom stereocenters. The summed E-state index contributed by atoms with van der Waals surface area (Å²) >= 11 is 6.31. The Balaban J connectivity index is 2.09. The highest BCUT2D eigenvalue weighted by Crippen LogP contribution is 2.55. The molecule has 2 aromatic carbocycles. The number of nitrogens with zero attached hydrogens (tertiary/aromatic N) is 3. The van der Waals surface area contributed by atoms with Crippen molar-refractivity contribution in [1.82, 2.24) is 14.1 Å². The molecule has 3 aromatic rings. The first-order valence-electron chi connectivity index (χ1n) is 9.31. The molecule has 31 heavy (non-hydrogen) atoms. The van der Waals surface area contributed by atoms with Gasteiger partial charge in [0.05, 0.1) is 22.7 Å². The number of aromatic nitrogens is 2. The molecule has 1 saturated heterocycles. The van der Waals surface area contributed by atoms with Crippen molar-refractivity contribution in [2.45, 2.75) is 19.4 Å². The zero-order valence-corrected chi connectivity index (χ0v) is 18.7. The summed E-state index contributed by atoms with van der Waals surface area (Å²) in [5.74, 6) is -2.15. The molecule has 1 fully saturated rings. The molecule has 0 N–H and O–H groups in total. The Morgan fingerprint density at radius 3 is 2.32 bits per heavy atom. The van der Waals surface area contributed by atoms with E-state index in [2.05, 4.69) is 5.10 Å². The van der Waals surface area contributed by atoms with Crippen LogP contribution in [0.25, 0.3) is 11.1 Å². The van der Waals surface area contributed by atoms with E-state index in [-0.39, 0.29) is 22.7 Å². The number of hydrogen-bond acceptors (Lipinski definition) is 3. The van der Waals surface area contributed by atoms with Crippen LogP contribution in [0.1, 0.15) is 22.5 Å². The first-order valence-corrected chi connectivity index (χ1v) is 11.5. The minimum Gasteiger partial charge on any atom is -0.269 e. The summed E-state index contributed by atoms with van der Waals surface area (Å²) < 4.78 is 70.3. The number of halogens is 4. The van der Waals surface area contributed by atoms with E-state index in [1.807, 2.05) is 0 Å². The summed E-state index contributed by atoms with van der Waals surface area (Å²) in [7, 11) is -2.15. The molecule has 1 aromatic heterocycles. The summed E-state index contributed by atoms with van der Waals surface area (Å²) in [5, 5.41) is 4.53. The number of sulfonamides is 1. The van der Waals surface area contributed by atoms with E-state index in [1.54, 1.807) is 14.0 Å². The van der Waals surface area contributed by atoms with E-state index in [0.29, 0.717) is 22.5 Å². The lowest BCUT2D eigenvalue weighted by atomic mass is 9.86. The SMILES string of the molecule is Cc1cc(F)cc(F)c1C1(c2c(-c3ccc(F)cc3Cl)c(C)nn2C)CN1S(C)(=O)=O. The van der Waals surface area contributed by atoms with Gasteiger partial charge in [-0.2, -0.15) is 9.40 Å². The van der Waals surface area contributed by atoms with Crippen molar-refractivity contribution in [2.24, 2.45) is 7.05 Å². The third-order valence-corrected chi connectivity index (χ3v) is 7.13. The normalized spacial score (nSPS) is 20.8. The maximum Gasteiger partial charge on any atom is 0.212 e.